The van der Waals surface area contributed by atoms with Crippen molar-refractivity contribution in [1.82, 2.24) is 9.21 Å². The number of piperazine rings is 1. The summed E-state index contributed by atoms with van der Waals surface area (Å²) in [6.45, 7) is 8.00. The van der Waals surface area contributed by atoms with Gasteiger partial charge in [0.15, 0.2) is 0 Å². The van der Waals surface area contributed by atoms with Gasteiger partial charge in [-0.3, -0.25) is 4.90 Å². The zero-order chi connectivity index (χ0) is 20.3. The standard InChI is InChI=1S/C22H30N2O3S/c1-17-10-11-21(27-4)22(14-17)28(25,26)23-15-18(2)24(19(3)16-23)13-12-20-8-6-5-7-9-20/h5-11,14,18-19H,12-13,15-16H2,1-4H3. The lowest BCUT2D eigenvalue weighted by atomic mass is 10.1. The van der Waals surface area contributed by atoms with Crippen LogP contribution in [-0.4, -0.2) is 56.5 Å². The van der Waals surface area contributed by atoms with Crippen molar-refractivity contribution in [1.29, 1.82) is 0 Å². The van der Waals surface area contributed by atoms with Gasteiger partial charge in [0, 0.05) is 31.7 Å². The highest BCUT2D eigenvalue weighted by atomic mass is 32.2. The second kappa shape index (κ2) is 8.64. The highest BCUT2D eigenvalue weighted by Gasteiger charge is 2.37. The van der Waals surface area contributed by atoms with Crippen molar-refractivity contribution in [3.8, 4) is 5.75 Å². The first-order chi connectivity index (χ1) is 13.3. The molecule has 0 spiro atoms. The zero-order valence-electron chi connectivity index (χ0n) is 17.1. The summed E-state index contributed by atoms with van der Waals surface area (Å²) in [5, 5.41) is 0. The van der Waals surface area contributed by atoms with Gasteiger partial charge in [0.25, 0.3) is 0 Å². The number of hydrogen-bond acceptors (Lipinski definition) is 4. The number of nitrogens with zero attached hydrogens (tertiary/aromatic N) is 2. The van der Waals surface area contributed by atoms with E-state index in [0.717, 1.165) is 18.5 Å². The Labute approximate surface area is 169 Å². The average Bonchev–Trinajstić information content (AvgIpc) is 2.68. The molecule has 2 atom stereocenters. The number of methoxy groups -OCH3 is 1. The summed E-state index contributed by atoms with van der Waals surface area (Å²) >= 11 is 0. The molecule has 6 heteroatoms. The molecule has 0 saturated carbocycles. The number of hydrogen-bond donors (Lipinski definition) is 0. The predicted octanol–water partition coefficient (Wildman–Crippen LogP) is 3.33. The maximum absolute atomic E-state index is 13.3. The molecule has 28 heavy (non-hydrogen) atoms. The van der Waals surface area contributed by atoms with Crippen molar-refractivity contribution >= 4 is 10.0 Å². The van der Waals surface area contributed by atoms with Crippen LogP contribution < -0.4 is 4.74 Å². The molecule has 0 bridgehead atoms. The van der Waals surface area contributed by atoms with E-state index in [0.29, 0.717) is 18.8 Å². The molecule has 0 aromatic heterocycles. The van der Waals surface area contributed by atoms with Gasteiger partial charge in [-0.25, -0.2) is 8.42 Å². The molecule has 0 aliphatic carbocycles. The molecule has 1 aliphatic heterocycles. The van der Waals surface area contributed by atoms with E-state index >= 15 is 0 Å². The Kier molecular flexibility index (Phi) is 6.43. The van der Waals surface area contributed by atoms with Crippen LogP contribution >= 0.6 is 0 Å². The lowest BCUT2D eigenvalue weighted by molar-refractivity contribution is 0.0783. The molecule has 1 aliphatic rings. The Bertz CT molecular complexity index is 887. The van der Waals surface area contributed by atoms with E-state index in [9.17, 15) is 8.42 Å². The Morgan fingerprint density at radius 3 is 2.29 bits per heavy atom. The minimum atomic E-state index is -3.60. The summed E-state index contributed by atoms with van der Waals surface area (Å²) in [5.41, 5.74) is 2.21. The number of aryl methyl sites for hydroxylation is 1. The largest absolute Gasteiger partial charge is 0.495 e. The van der Waals surface area contributed by atoms with Crippen LogP contribution in [0.15, 0.2) is 53.4 Å². The fourth-order valence-corrected chi connectivity index (χ4v) is 5.82. The van der Waals surface area contributed by atoms with Gasteiger partial charge in [0.1, 0.15) is 10.6 Å². The van der Waals surface area contributed by atoms with Crippen LogP contribution in [0.25, 0.3) is 0 Å². The lowest BCUT2D eigenvalue weighted by Crippen LogP contribution is -2.58. The second-order valence-electron chi connectivity index (χ2n) is 7.65. The topological polar surface area (TPSA) is 49.9 Å². The van der Waals surface area contributed by atoms with Crippen LogP contribution in [-0.2, 0) is 16.4 Å². The van der Waals surface area contributed by atoms with Gasteiger partial charge >= 0.3 is 0 Å². The molecule has 3 rings (SSSR count). The summed E-state index contributed by atoms with van der Waals surface area (Å²) in [6, 6.07) is 16.0. The Hall–Kier alpha value is -1.89. The van der Waals surface area contributed by atoms with Crippen molar-refractivity contribution in [3.05, 3.63) is 59.7 Å². The number of sulfonamides is 1. The van der Waals surface area contributed by atoms with E-state index < -0.39 is 10.0 Å². The van der Waals surface area contributed by atoms with E-state index in [4.69, 9.17) is 4.74 Å². The van der Waals surface area contributed by atoms with E-state index in [1.807, 2.05) is 19.1 Å². The van der Waals surface area contributed by atoms with Crippen molar-refractivity contribution < 1.29 is 13.2 Å². The Morgan fingerprint density at radius 1 is 1.04 bits per heavy atom. The highest BCUT2D eigenvalue weighted by molar-refractivity contribution is 7.89. The number of benzene rings is 2. The number of ether oxygens (including phenoxy) is 1. The van der Waals surface area contributed by atoms with Gasteiger partial charge in [-0.05, 0) is 50.5 Å². The molecule has 2 aromatic rings. The highest BCUT2D eigenvalue weighted by Crippen LogP contribution is 2.30. The summed E-state index contributed by atoms with van der Waals surface area (Å²) in [5.74, 6) is 0.400. The van der Waals surface area contributed by atoms with E-state index in [-0.39, 0.29) is 17.0 Å². The van der Waals surface area contributed by atoms with Crippen molar-refractivity contribution in [2.45, 2.75) is 44.2 Å². The van der Waals surface area contributed by atoms with Gasteiger partial charge in [-0.1, -0.05) is 36.4 Å². The smallest absolute Gasteiger partial charge is 0.246 e. The van der Waals surface area contributed by atoms with Crippen molar-refractivity contribution in [2.24, 2.45) is 0 Å². The first-order valence-corrected chi connectivity index (χ1v) is 11.2. The molecular formula is C22H30N2O3S. The predicted molar refractivity (Wildman–Crippen MR) is 112 cm³/mol. The van der Waals surface area contributed by atoms with E-state index in [2.05, 4.69) is 43.0 Å². The first kappa shape index (κ1) is 20.8. The Balaban J connectivity index is 1.75. The van der Waals surface area contributed by atoms with Crippen LogP contribution in [0.5, 0.6) is 5.75 Å². The molecule has 1 saturated heterocycles. The fraction of sp³-hybridized carbons (Fsp3) is 0.455. The molecule has 2 unspecified atom stereocenters. The third-order valence-electron chi connectivity index (χ3n) is 5.51. The summed E-state index contributed by atoms with van der Waals surface area (Å²) in [4.78, 5) is 2.67. The maximum Gasteiger partial charge on any atom is 0.246 e. The maximum atomic E-state index is 13.3. The van der Waals surface area contributed by atoms with E-state index in [1.165, 1.54) is 12.7 Å². The van der Waals surface area contributed by atoms with E-state index in [1.54, 1.807) is 16.4 Å². The molecule has 5 nitrogen and oxygen atoms in total. The molecule has 1 fully saturated rings. The van der Waals surface area contributed by atoms with Crippen molar-refractivity contribution in [3.63, 3.8) is 0 Å². The molecule has 0 radical (unpaired) electrons. The third kappa shape index (κ3) is 4.40. The van der Waals surface area contributed by atoms with Crippen LogP contribution in [0, 0.1) is 6.92 Å². The summed E-state index contributed by atoms with van der Waals surface area (Å²) in [6.07, 6.45) is 0.966. The lowest BCUT2D eigenvalue weighted by Gasteiger charge is -2.44. The molecule has 152 valence electrons. The SMILES string of the molecule is COc1ccc(C)cc1S(=O)(=O)N1CC(C)N(CCc2ccccc2)C(C)C1. The quantitative estimate of drug-likeness (QED) is 0.744. The first-order valence-electron chi connectivity index (χ1n) is 9.77. The van der Waals surface area contributed by atoms with Crippen LogP contribution in [0.1, 0.15) is 25.0 Å². The van der Waals surface area contributed by atoms with Gasteiger partial charge < -0.3 is 4.74 Å². The van der Waals surface area contributed by atoms with Crippen LogP contribution in [0.4, 0.5) is 0 Å². The fourth-order valence-electron chi connectivity index (χ4n) is 3.97. The normalized spacial score (nSPS) is 21.6. The monoisotopic (exact) mass is 402 g/mol. The average molecular weight is 403 g/mol. The molecule has 0 N–H and O–H groups in total. The van der Waals surface area contributed by atoms with Gasteiger partial charge in [-0.2, -0.15) is 4.31 Å². The van der Waals surface area contributed by atoms with Gasteiger partial charge in [-0.15, -0.1) is 0 Å². The zero-order valence-corrected chi connectivity index (χ0v) is 17.9. The van der Waals surface area contributed by atoms with Crippen LogP contribution in [0.3, 0.4) is 0 Å². The molecule has 2 aromatic carbocycles. The van der Waals surface area contributed by atoms with Crippen molar-refractivity contribution in [2.75, 3.05) is 26.7 Å². The van der Waals surface area contributed by atoms with Gasteiger partial charge in [0.05, 0.1) is 7.11 Å². The molecule has 1 heterocycles. The van der Waals surface area contributed by atoms with Crippen LogP contribution in [0.2, 0.25) is 0 Å². The minimum absolute atomic E-state index is 0.151. The summed E-state index contributed by atoms with van der Waals surface area (Å²) in [7, 11) is -2.09. The van der Waals surface area contributed by atoms with Gasteiger partial charge in [0.2, 0.25) is 10.0 Å². The number of rotatable bonds is 6. The second-order valence-corrected chi connectivity index (χ2v) is 9.55. The summed E-state index contributed by atoms with van der Waals surface area (Å²) < 4.78 is 33.6. The molecular weight excluding hydrogens is 372 g/mol. The third-order valence-corrected chi connectivity index (χ3v) is 7.36. The minimum Gasteiger partial charge on any atom is -0.495 e. The molecule has 0 amide bonds. The Morgan fingerprint density at radius 2 is 1.68 bits per heavy atom.